The Labute approximate surface area is 270 Å². The number of nitrogens with zero attached hydrogens (tertiary/aromatic N) is 1. The monoisotopic (exact) mass is 638 g/mol. The van der Waals surface area contributed by atoms with Gasteiger partial charge in [-0.05, 0) is 80.5 Å². The van der Waals surface area contributed by atoms with E-state index in [0.717, 1.165) is 22.3 Å². The number of phenolic OH excluding ortho intramolecular Hbond substituents is 1. The van der Waals surface area contributed by atoms with Crippen LogP contribution in [0, 0.1) is 19.8 Å². The lowest BCUT2D eigenvalue weighted by Gasteiger charge is -2.25. The zero-order chi connectivity index (χ0) is 34.2. The van der Waals surface area contributed by atoms with E-state index in [1.807, 2.05) is 30.3 Å². The fourth-order valence-electron chi connectivity index (χ4n) is 5.28. The van der Waals surface area contributed by atoms with Crippen molar-refractivity contribution in [3.05, 3.63) is 64.7 Å². The maximum absolute atomic E-state index is 13.9. The molecule has 0 saturated carbocycles. The zero-order valence-electron chi connectivity index (χ0n) is 26.8. The number of carbonyl (C=O) groups excluding carboxylic acids is 4. The summed E-state index contributed by atoms with van der Waals surface area (Å²) in [6.45, 7) is 4.33. The fraction of sp³-hybridized carbons (Fsp3) is 0.485. The number of ketones is 1. The van der Waals surface area contributed by atoms with Gasteiger partial charge in [0.05, 0.1) is 12.1 Å². The van der Waals surface area contributed by atoms with Crippen molar-refractivity contribution >= 4 is 29.5 Å². The summed E-state index contributed by atoms with van der Waals surface area (Å²) in [6, 6.07) is 9.41. The van der Waals surface area contributed by atoms with Crippen LogP contribution in [0.1, 0.15) is 60.8 Å². The number of hydrogen-bond donors (Lipinski definition) is 8. The minimum absolute atomic E-state index is 0.0596. The Kier molecular flexibility index (Phi) is 15.7. The van der Waals surface area contributed by atoms with Crippen molar-refractivity contribution in [3.8, 4) is 5.75 Å². The number of unbranched alkanes of at least 4 members (excludes halogenated alkanes) is 1. The first kappa shape index (κ1) is 37.7. The van der Waals surface area contributed by atoms with Crippen molar-refractivity contribution in [1.29, 1.82) is 0 Å². The number of Topliss-reactive ketones (excluding diaryl/α,β-unsaturated/α-hetero) is 1. The molecule has 0 radical (unpaired) electrons. The van der Waals surface area contributed by atoms with E-state index in [2.05, 4.69) is 15.6 Å². The first-order valence-corrected chi connectivity index (χ1v) is 15.6. The summed E-state index contributed by atoms with van der Waals surface area (Å²) in [5.74, 6) is -2.85. The summed E-state index contributed by atoms with van der Waals surface area (Å²) >= 11 is 0. The summed E-state index contributed by atoms with van der Waals surface area (Å²) in [4.78, 5) is 56.9. The van der Waals surface area contributed by atoms with E-state index >= 15 is 0 Å². The number of rotatable bonds is 20. The Balaban J connectivity index is 2.30. The molecule has 46 heavy (non-hydrogen) atoms. The third-order valence-electron chi connectivity index (χ3n) is 7.87. The van der Waals surface area contributed by atoms with Gasteiger partial charge in [0.15, 0.2) is 11.7 Å². The second-order valence-corrected chi connectivity index (χ2v) is 11.7. The lowest BCUT2D eigenvalue weighted by atomic mass is 9.88. The van der Waals surface area contributed by atoms with E-state index < -0.39 is 41.8 Å². The Morgan fingerprint density at radius 2 is 1.48 bits per heavy atom. The molecule has 252 valence electrons. The minimum Gasteiger partial charge on any atom is -0.508 e. The molecular weight excluding hydrogens is 588 g/mol. The van der Waals surface area contributed by atoms with Gasteiger partial charge in [0.1, 0.15) is 11.8 Å². The summed E-state index contributed by atoms with van der Waals surface area (Å²) < 4.78 is 0. The number of primary amides is 1. The molecule has 13 heteroatoms. The third kappa shape index (κ3) is 12.9. The lowest BCUT2D eigenvalue weighted by molar-refractivity contribution is -0.133. The highest BCUT2D eigenvalue weighted by Crippen LogP contribution is 2.24. The van der Waals surface area contributed by atoms with Crippen LogP contribution in [0.15, 0.2) is 47.5 Å². The van der Waals surface area contributed by atoms with Crippen LogP contribution in [0.3, 0.4) is 0 Å². The topological polar surface area (TPSA) is 255 Å². The van der Waals surface area contributed by atoms with E-state index in [-0.39, 0.29) is 43.2 Å². The smallest absolute Gasteiger partial charge is 0.240 e. The van der Waals surface area contributed by atoms with E-state index in [1.54, 1.807) is 26.0 Å². The quantitative estimate of drug-likeness (QED) is 0.0564. The van der Waals surface area contributed by atoms with Gasteiger partial charge >= 0.3 is 0 Å². The highest BCUT2D eigenvalue weighted by Gasteiger charge is 2.31. The maximum Gasteiger partial charge on any atom is 0.240 e. The standard InChI is InChI=1S/C33H50N8O5/c1-20-15-24(42)16-21(2)25(20)19-27(40-32(46)26(35)12-8-14-39-33(37)38)29(43)18-23(11-6-7-13-34)31(45)41-28(30(36)44)17-22-9-4-3-5-10-22/h3-5,9-10,15-16,23,26-28,42H,6-8,11-14,17-19,34-35H2,1-2H3,(H2,36,44)(H,40,46)(H,41,45)(H4,37,38,39)/t23-,26-,27+,28+/m1/s1. The normalized spacial score (nSPS) is 13.6. The van der Waals surface area contributed by atoms with Crippen molar-refractivity contribution in [1.82, 2.24) is 10.6 Å². The second kappa shape index (κ2) is 19.1. The van der Waals surface area contributed by atoms with Crippen LogP contribution in [0.2, 0.25) is 0 Å². The molecule has 3 amide bonds. The SMILES string of the molecule is Cc1cc(O)cc(C)c1C[C@H](NC(=O)[C@H](N)CCCN=C(N)N)C(=O)C[C@@H](CCCCN)C(=O)N[C@@H](Cc1ccccc1)C(N)=O. The number of nitrogens with one attached hydrogen (secondary N) is 2. The molecule has 13 N–H and O–H groups in total. The molecule has 0 bridgehead atoms. The predicted molar refractivity (Wildman–Crippen MR) is 178 cm³/mol. The third-order valence-corrected chi connectivity index (χ3v) is 7.87. The fourth-order valence-corrected chi connectivity index (χ4v) is 5.28. The van der Waals surface area contributed by atoms with Gasteiger partial charge < -0.3 is 44.4 Å². The van der Waals surface area contributed by atoms with E-state index in [1.165, 1.54) is 0 Å². The van der Waals surface area contributed by atoms with Crippen LogP contribution in [0.25, 0.3) is 0 Å². The summed E-state index contributed by atoms with van der Waals surface area (Å²) in [7, 11) is 0. The number of guanidine groups is 1. The van der Waals surface area contributed by atoms with Gasteiger partial charge in [-0.25, -0.2) is 0 Å². The number of nitrogens with two attached hydrogens (primary N) is 5. The van der Waals surface area contributed by atoms with Crippen LogP contribution in [0.4, 0.5) is 0 Å². The van der Waals surface area contributed by atoms with Crippen LogP contribution in [-0.2, 0) is 32.0 Å². The number of carbonyl (C=O) groups is 4. The molecule has 0 aromatic heterocycles. The van der Waals surface area contributed by atoms with Crippen LogP contribution in [0.5, 0.6) is 5.75 Å². The van der Waals surface area contributed by atoms with Crippen molar-refractivity contribution in [2.24, 2.45) is 39.6 Å². The lowest BCUT2D eigenvalue weighted by Crippen LogP contribution is -2.51. The van der Waals surface area contributed by atoms with Crippen molar-refractivity contribution in [2.45, 2.75) is 83.3 Å². The largest absolute Gasteiger partial charge is 0.508 e. The molecule has 0 aliphatic carbocycles. The molecule has 0 spiro atoms. The number of benzene rings is 2. The van der Waals surface area contributed by atoms with Gasteiger partial charge in [0, 0.05) is 31.7 Å². The van der Waals surface area contributed by atoms with E-state index in [0.29, 0.717) is 38.8 Å². The van der Waals surface area contributed by atoms with Crippen molar-refractivity contribution in [3.63, 3.8) is 0 Å². The molecule has 4 atom stereocenters. The summed E-state index contributed by atoms with van der Waals surface area (Å²) in [6.07, 6.45) is 2.41. The van der Waals surface area contributed by atoms with Crippen molar-refractivity contribution in [2.75, 3.05) is 13.1 Å². The molecule has 0 heterocycles. The Morgan fingerprint density at radius 1 is 0.848 bits per heavy atom. The molecule has 0 saturated heterocycles. The molecule has 0 aliphatic heterocycles. The average molecular weight is 639 g/mol. The molecule has 0 fully saturated rings. The van der Waals surface area contributed by atoms with Gasteiger partial charge in [-0.15, -0.1) is 0 Å². The number of aliphatic imine (C=N–C) groups is 1. The number of hydrogen-bond acceptors (Lipinski definition) is 8. The maximum atomic E-state index is 13.9. The Hall–Kier alpha value is -4.49. The summed E-state index contributed by atoms with van der Waals surface area (Å²) in [5, 5.41) is 15.6. The van der Waals surface area contributed by atoms with Crippen LogP contribution in [-0.4, -0.2) is 65.8 Å². The Bertz CT molecular complexity index is 1320. The average Bonchev–Trinajstić information content (AvgIpc) is 2.99. The van der Waals surface area contributed by atoms with Gasteiger partial charge in [-0.2, -0.15) is 0 Å². The summed E-state index contributed by atoms with van der Waals surface area (Å²) in [5.41, 5.74) is 31.3. The number of amides is 3. The van der Waals surface area contributed by atoms with Crippen LogP contribution >= 0.6 is 0 Å². The van der Waals surface area contributed by atoms with Gasteiger partial charge in [0.2, 0.25) is 17.7 Å². The first-order chi connectivity index (χ1) is 21.8. The molecular formula is C33H50N8O5. The highest BCUT2D eigenvalue weighted by atomic mass is 16.3. The minimum atomic E-state index is -1.01. The number of phenols is 1. The van der Waals surface area contributed by atoms with Crippen LogP contribution < -0.4 is 39.3 Å². The first-order valence-electron chi connectivity index (χ1n) is 15.6. The number of aryl methyl sites for hydroxylation is 2. The van der Waals surface area contributed by atoms with Gasteiger partial charge in [0.25, 0.3) is 0 Å². The molecule has 2 rings (SSSR count). The number of aromatic hydroxyl groups is 1. The van der Waals surface area contributed by atoms with Crippen molar-refractivity contribution < 1.29 is 24.3 Å². The Morgan fingerprint density at radius 3 is 2.07 bits per heavy atom. The van der Waals surface area contributed by atoms with Gasteiger partial charge in [-0.3, -0.25) is 24.2 Å². The van der Waals surface area contributed by atoms with Gasteiger partial charge in [-0.1, -0.05) is 36.8 Å². The molecule has 2 aromatic carbocycles. The highest BCUT2D eigenvalue weighted by molar-refractivity contribution is 5.94. The van der Waals surface area contributed by atoms with E-state index in [4.69, 9.17) is 28.7 Å². The molecule has 0 aliphatic rings. The zero-order valence-corrected chi connectivity index (χ0v) is 26.8. The van der Waals surface area contributed by atoms with E-state index in [9.17, 15) is 24.3 Å². The predicted octanol–water partition coefficient (Wildman–Crippen LogP) is 0.334. The molecule has 13 nitrogen and oxygen atoms in total. The molecule has 2 aromatic rings. The second-order valence-electron chi connectivity index (χ2n) is 11.7. The molecule has 0 unspecified atom stereocenters.